The molecule has 5 heteroatoms. The van der Waals surface area contributed by atoms with E-state index in [-0.39, 0.29) is 5.69 Å². The molecule has 0 saturated heterocycles. The first-order chi connectivity index (χ1) is 15.0. The average molecular weight is 410 g/mol. The van der Waals surface area contributed by atoms with Crippen LogP contribution in [0.3, 0.4) is 0 Å². The predicted molar refractivity (Wildman–Crippen MR) is 121 cm³/mol. The lowest BCUT2D eigenvalue weighted by Crippen LogP contribution is -2.26. The van der Waals surface area contributed by atoms with Crippen LogP contribution < -0.4 is 5.32 Å². The number of para-hydroxylation sites is 1. The summed E-state index contributed by atoms with van der Waals surface area (Å²) in [6.07, 6.45) is -1.11. The molecule has 1 aromatic heterocycles. The van der Waals surface area contributed by atoms with Crippen LogP contribution in [0.2, 0.25) is 0 Å². The van der Waals surface area contributed by atoms with E-state index in [9.17, 15) is 9.59 Å². The van der Waals surface area contributed by atoms with Crippen LogP contribution in [0.25, 0.3) is 10.9 Å². The van der Waals surface area contributed by atoms with Crippen molar-refractivity contribution in [2.75, 3.05) is 5.32 Å². The van der Waals surface area contributed by atoms with Crippen molar-refractivity contribution in [3.8, 4) is 0 Å². The summed E-state index contributed by atoms with van der Waals surface area (Å²) in [4.78, 5) is 30.4. The summed E-state index contributed by atoms with van der Waals surface area (Å²) < 4.78 is 5.66. The van der Waals surface area contributed by atoms with Crippen LogP contribution in [0.15, 0.2) is 84.9 Å². The number of nitrogens with one attached hydrogen (secondary N) is 1. The van der Waals surface area contributed by atoms with Crippen molar-refractivity contribution in [3.63, 3.8) is 0 Å². The molecule has 0 bridgehead atoms. The zero-order chi connectivity index (χ0) is 21.8. The van der Waals surface area contributed by atoms with Gasteiger partial charge in [0.05, 0.1) is 5.52 Å². The number of nitrogens with zero attached hydrogens (tertiary/aromatic N) is 1. The number of carbonyl (C=O) groups is 2. The SMILES string of the molecule is Cc1ccc(C)c(NC(=O)[C@@H](OC(=O)c2ccc3ccccc3n2)c2ccccc2)c1. The number of rotatable bonds is 5. The quantitative estimate of drug-likeness (QED) is 0.448. The molecule has 154 valence electrons. The summed E-state index contributed by atoms with van der Waals surface area (Å²) in [6.45, 7) is 3.87. The second-order valence-electron chi connectivity index (χ2n) is 7.39. The molecule has 0 aliphatic carbocycles. The summed E-state index contributed by atoms with van der Waals surface area (Å²) >= 11 is 0. The Labute approximate surface area is 180 Å². The summed E-state index contributed by atoms with van der Waals surface area (Å²) in [5.41, 5.74) is 4.06. The lowest BCUT2D eigenvalue weighted by atomic mass is 10.1. The Hall–Kier alpha value is -3.99. The molecule has 0 aliphatic rings. The van der Waals surface area contributed by atoms with Crippen molar-refractivity contribution >= 4 is 28.5 Å². The van der Waals surface area contributed by atoms with Gasteiger partial charge < -0.3 is 10.1 Å². The molecule has 0 unspecified atom stereocenters. The van der Waals surface area contributed by atoms with E-state index in [0.717, 1.165) is 16.5 Å². The number of anilines is 1. The van der Waals surface area contributed by atoms with Crippen molar-refractivity contribution in [1.29, 1.82) is 0 Å². The molecule has 0 spiro atoms. The van der Waals surface area contributed by atoms with Crippen LogP contribution >= 0.6 is 0 Å². The standard InChI is InChI=1S/C26H22N2O3/c1-17-12-13-18(2)23(16-17)28-25(29)24(20-9-4-3-5-10-20)31-26(30)22-15-14-19-8-6-7-11-21(19)27-22/h3-16,24H,1-2H3,(H,28,29)/t24-/m0/s1. The first-order valence-corrected chi connectivity index (χ1v) is 10.0. The highest BCUT2D eigenvalue weighted by Crippen LogP contribution is 2.24. The van der Waals surface area contributed by atoms with Crippen LogP contribution in [-0.4, -0.2) is 16.9 Å². The number of ether oxygens (including phenoxy) is 1. The molecular weight excluding hydrogens is 388 g/mol. The number of pyridine rings is 1. The Morgan fingerprint density at radius 3 is 2.42 bits per heavy atom. The molecule has 1 heterocycles. The van der Waals surface area contributed by atoms with Crippen molar-refractivity contribution in [2.24, 2.45) is 0 Å². The van der Waals surface area contributed by atoms with Gasteiger partial charge in [-0.3, -0.25) is 4.79 Å². The molecule has 3 aromatic carbocycles. The van der Waals surface area contributed by atoms with E-state index in [4.69, 9.17) is 4.74 Å². The van der Waals surface area contributed by atoms with Crippen LogP contribution in [0.1, 0.15) is 33.3 Å². The van der Waals surface area contributed by atoms with Gasteiger partial charge in [-0.2, -0.15) is 0 Å². The minimum atomic E-state index is -1.11. The van der Waals surface area contributed by atoms with Crippen molar-refractivity contribution in [1.82, 2.24) is 4.98 Å². The smallest absolute Gasteiger partial charge is 0.358 e. The minimum Gasteiger partial charge on any atom is -0.443 e. The van der Waals surface area contributed by atoms with Crippen LogP contribution in [0, 0.1) is 13.8 Å². The van der Waals surface area contributed by atoms with Crippen molar-refractivity contribution in [3.05, 3.63) is 107 Å². The highest BCUT2D eigenvalue weighted by atomic mass is 16.5. The molecule has 4 rings (SSSR count). The molecule has 0 saturated carbocycles. The van der Waals surface area contributed by atoms with Gasteiger partial charge in [-0.05, 0) is 43.2 Å². The van der Waals surface area contributed by atoms with Gasteiger partial charge in [0.25, 0.3) is 5.91 Å². The number of hydrogen-bond donors (Lipinski definition) is 1. The second-order valence-corrected chi connectivity index (χ2v) is 7.39. The van der Waals surface area contributed by atoms with Gasteiger partial charge >= 0.3 is 5.97 Å². The van der Waals surface area contributed by atoms with E-state index < -0.39 is 18.0 Å². The van der Waals surface area contributed by atoms with Gasteiger partial charge in [0, 0.05) is 16.6 Å². The minimum absolute atomic E-state index is 0.152. The molecule has 1 atom stereocenters. The fraction of sp³-hybridized carbons (Fsp3) is 0.115. The first-order valence-electron chi connectivity index (χ1n) is 10.0. The molecule has 4 aromatic rings. The van der Waals surface area contributed by atoms with Gasteiger partial charge in [-0.1, -0.05) is 66.7 Å². The number of benzene rings is 3. The summed E-state index contributed by atoms with van der Waals surface area (Å²) in [5, 5.41) is 3.82. The molecule has 1 amide bonds. The number of esters is 1. The maximum Gasteiger partial charge on any atom is 0.358 e. The number of carbonyl (C=O) groups excluding carboxylic acids is 2. The Balaban J connectivity index is 1.62. The van der Waals surface area contributed by atoms with Gasteiger partial charge in [0.15, 0.2) is 0 Å². The van der Waals surface area contributed by atoms with Crippen molar-refractivity contribution < 1.29 is 14.3 Å². The maximum atomic E-state index is 13.1. The zero-order valence-electron chi connectivity index (χ0n) is 17.3. The molecule has 0 radical (unpaired) electrons. The van der Waals surface area contributed by atoms with E-state index in [1.165, 1.54) is 0 Å². The Morgan fingerprint density at radius 1 is 0.871 bits per heavy atom. The zero-order valence-corrected chi connectivity index (χ0v) is 17.3. The highest BCUT2D eigenvalue weighted by molar-refractivity contribution is 5.98. The number of hydrogen-bond acceptors (Lipinski definition) is 4. The van der Waals surface area contributed by atoms with Gasteiger partial charge in [0.2, 0.25) is 6.10 Å². The lowest BCUT2D eigenvalue weighted by Gasteiger charge is -2.19. The van der Waals surface area contributed by atoms with Gasteiger partial charge in [0.1, 0.15) is 5.69 Å². The van der Waals surface area contributed by atoms with E-state index in [1.807, 2.05) is 68.4 Å². The molecule has 0 fully saturated rings. The van der Waals surface area contributed by atoms with Crippen LogP contribution in [0.5, 0.6) is 0 Å². The lowest BCUT2D eigenvalue weighted by molar-refractivity contribution is -0.125. The Kier molecular flexibility index (Phi) is 5.76. The van der Waals surface area contributed by atoms with Gasteiger partial charge in [-0.15, -0.1) is 0 Å². The van der Waals surface area contributed by atoms with Gasteiger partial charge in [-0.25, -0.2) is 9.78 Å². The monoisotopic (exact) mass is 410 g/mol. The Bertz CT molecular complexity index is 1250. The molecule has 1 N–H and O–H groups in total. The topological polar surface area (TPSA) is 68.3 Å². The normalized spacial score (nSPS) is 11.7. The highest BCUT2D eigenvalue weighted by Gasteiger charge is 2.26. The Morgan fingerprint density at radius 2 is 1.61 bits per heavy atom. The van der Waals surface area contributed by atoms with E-state index >= 15 is 0 Å². The number of aryl methyl sites for hydroxylation is 2. The van der Waals surface area contributed by atoms with E-state index in [1.54, 1.807) is 30.3 Å². The van der Waals surface area contributed by atoms with Crippen molar-refractivity contribution in [2.45, 2.75) is 20.0 Å². The summed E-state index contributed by atoms with van der Waals surface area (Å²) in [5.74, 6) is -1.08. The third-order valence-electron chi connectivity index (χ3n) is 5.02. The number of aromatic nitrogens is 1. The second kappa shape index (κ2) is 8.79. The average Bonchev–Trinajstić information content (AvgIpc) is 2.80. The fourth-order valence-electron chi connectivity index (χ4n) is 3.32. The first kappa shape index (κ1) is 20.3. The van der Waals surface area contributed by atoms with E-state index in [2.05, 4.69) is 10.3 Å². The molecule has 5 nitrogen and oxygen atoms in total. The van der Waals surface area contributed by atoms with Crippen LogP contribution in [-0.2, 0) is 9.53 Å². The summed E-state index contributed by atoms with van der Waals surface area (Å²) in [7, 11) is 0. The summed E-state index contributed by atoms with van der Waals surface area (Å²) in [6, 6.07) is 25.7. The predicted octanol–water partition coefficient (Wildman–Crippen LogP) is 5.39. The van der Waals surface area contributed by atoms with Crippen LogP contribution in [0.4, 0.5) is 5.69 Å². The number of fused-ring (bicyclic) bond motifs is 1. The van der Waals surface area contributed by atoms with E-state index in [0.29, 0.717) is 16.8 Å². The third-order valence-corrected chi connectivity index (χ3v) is 5.02. The fourth-order valence-corrected chi connectivity index (χ4v) is 3.32. The molecular formula is C26H22N2O3. The molecule has 0 aliphatic heterocycles. The molecule has 31 heavy (non-hydrogen) atoms. The maximum absolute atomic E-state index is 13.1. The number of amides is 1. The largest absolute Gasteiger partial charge is 0.443 e. The third kappa shape index (κ3) is 4.61.